The van der Waals surface area contributed by atoms with Crippen molar-refractivity contribution in [1.29, 1.82) is 0 Å². The van der Waals surface area contributed by atoms with Gasteiger partial charge in [0.2, 0.25) is 0 Å². The highest BCUT2D eigenvalue weighted by atomic mass is 32.2. The van der Waals surface area contributed by atoms with E-state index in [2.05, 4.69) is 10.3 Å². The van der Waals surface area contributed by atoms with Crippen molar-refractivity contribution < 1.29 is 13.3 Å². The fourth-order valence-electron chi connectivity index (χ4n) is 0.734. The van der Waals surface area contributed by atoms with Gasteiger partial charge < -0.3 is 4.84 Å². The standard InChI is InChI=1S/C6H15NO3S/c1-4-11(8,9)5-6(2)7-10-3/h6-7H,4-5H2,1-3H3. The Morgan fingerprint density at radius 2 is 2.09 bits per heavy atom. The third-order valence-electron chi connectivity index (χ3n) is 1.26. The molecule has 0 rings (SSSR count). The molecule has 0 saturated heterocycles. The van der Waals surface area contributed by atoms with E-state index in [1.165, 1.54) is 7.11 Å². The quantitative estimate of drug-likeness (QED) is 0.605. The van der Waals surface area contributed by atoms with E-state index in [0.717, 1.165) is 0 Å². The Bertz CT molecular complexity index is 188. The van der Waals surface area contributed by atoms with Crippen LogP contribution in [-0.4, -0.2) is 33.1 Å². The van der Waals surface area contributed by atoms with Crippen molar-refractivity contribution in [3.8, 4) is 0 Å². The average molecular weight is 181 g/mol. The molecule has 68 valence electrons. The monoisotopic (exact) mass is 181 g/mol. The maximum atomic E-state index is 11.0. The van der Waals surface area contributed by atoms with Crippen LogP contribution in [0, 0.1) is 0 Å². The van der Waals surface area contributed by atoms with Crippen molar-refractivity contribution in [3.63, 3.8) is 0 Å². The van der Waals surface area contributed by atoms with Crippen molar-refractivity contribution in [3.05, 3.63) is 0 Å². The molecule has 1 atom stereocenters. The van der Waals surface area contributed by atoms with E-state index in [0.29, 0.717) is 0 Å². The highest BCUT2D eigenvalue weighted by Crippen LogP contribution is 1.93. The van der Waals surface area contributed by atoms with Gasteiger partial charge in [0.1, 0.15) is 0 Å². The summed E-state index contributed by atoms with van der Waals surface area (Å²) in [7, 11) is -1.42. The largest absolute Gasteiger partial charge is 0.305 e. The number of rotatable bonds is 5. The van der Waals surface area contributed by atoms with Crippen molar-refractivity contribution in [2.75, 3.05) is 18.6 Å². The van der Waals surface area contributed by atoms with Gasteiger partial charge in [-0.1, -0.05) is 6.92 Å². The molecule has 0 aliphatic rings. The lowest BCUT2D eigenvalue weighted by Crippen LogP contribution is -2.32. The molecule has 0 aromatic rings. The molecule has 0 fully saturated rings. The van der Waals surface area contributed by atoms with Gasteiger partial charge in [0.25, 0.3) is 0 Å². The molecule has 0 aliphatic carbocycles. The lowest BCUT2D eigenvalue weighted by Gasteiger charge is -2.10. The predicted octanol–water partition coefficient (Wildman–Crippen LogP) is -0.0394. The Morgan fingerprint density at radius 3 is 2.45 bits per heavy atom. The van der Waals surface area contributed by atoms with Crippen LogP contribution in [0.25, 0.3) is 0 Å². The van der Waals surface area contributed by atoms with Crippen LogP contribution >= 0.6 is 0 Å². The van der Waals surface area contributed by atoms with Crippen LogP contribution < -0.4 is 5.48 Å². The summed E-state index contributed by atoms with van der Waals surface area (Å²) in [6.45, 7) is 3.39. The second kappa shape index (κ2) is 4.69. The van der Waals surface area contributed by atoms with Crippen LogP contribution in [0.15, 0.2) is 0 Å². The summed E-state index contributed by atoms with van der Waals surface area (Å²) in [6.07, 6.45) is 0. The first-order valence-corrected chi connectivity index (χ1v) is 5.33. The molecule has 0 heterocycles. The molecule has 0 amide bonds. The molecule has 5 heteroatoms. The van der Waals surface area contributed by atoms with Crippen molar-refractivity contribution in [2.45, 2.75) is 19.9 Å². The highest BCUT2D eigenvalue weighted by Gasteiger charge is 2.12. The van der Waals surface area contributed by atoms with Crippen LogP contribution in [0.4, 0.5) is 0 Å². The topological polar surface area (TPSA) is 55.4 Å². The van der Waals surface area contributed by atoms with Gasteiger partial charge in [-0.2, -0.15) is 5.48 Å². The summed E-state index contributed by atoms with van der Waals surface area (Å²) in [6, 6.07) is -0.148. The third kappa shape index (κ3) is 5.17. The molecule has 11 heavy (non-hydrogen) atoms. The lowest BCUT2D eigenvalue weighted by molar-refractivity contribution is 0.0719. The number of hydroxylamine groups is 1. The van der Waals surface area contributed by atoms with Crippen LogP contribution in [0.1, 0.15) is 13.8 Å². The number of nitrogens with one attached hydrogen (secondary N) is 1. The number of hydrogen-bond acceptors (Lipinski definition) is 4. The molecule has 0 aromatic carbocycles. The molecule has 0 aliphatic heterocycles. The smallest absolute Gasteiger partial charge is 0.151 e. The molecule has 4 nitrogen and oxygen atoms in total. The van der Waals surface area contributed by atoms with E-state index < -0.39 is 9.84 Å². The van der Waals surface area contributed by atoms with Crippen molar-refractivity contribution in [1.82, 2.24) is 5.48 Å². The fourth-order valence-corrected chi connectivity index (χ4v) is 1.80. The van der Waals surface area contributed by atoms with Crippen LogP contribution in [0.5, 0.6) is 0 Å². The van der Waals surface area contributed by atoms with Gasteiger partial charge in [-0.15, -0.1) is 0 Å². The normalized spacial score (nSPS) is 14.8. The molecular formula is C6H15NO3S. The van der Waals surface area contributed by atoms with Gasteiger partial charge in [-0.25, -0.2) is 8.42 Å². The number of sulfone groups is 1. The van der Waals surface area contributed by atoms with Gasteiger partial charge in [0.05, 0.1) is 12.9 Å². The zero-order valence-electron chi connectivity index (χ0n) is 7.12. The zero-order valence-corrected chi connectivity index (χ0v) is 7.94. The molecule has 1 N–H and O–H groups in total. The molecular weight excluding hydrogens is 166 g/mol. The van der Waals surface area contributed by atoms with Gasteiger partial charge in [-0.3, -0.25) is 0 Å². The lowest BCUT2D eigenvalue weighted by atomic mass is 10.4. The predicted molar refractivity (Wildman–Crippen MR) is 43.9 cm³/mol. The van der Waals surface area contributed by atoms with Gasteiger partial charge in [0, 0.05) is 11.8 Å². The van der Waals surface area contributed by atoms with Crippen LogP contribution in [0.3, 0.4) is 0 Å². The molecule has 0 spiro atoms. The SMILES string of the molecule is CCS(=O)(=O)CC(C)NOC. The molecule has 0 radical (unpaired) electrons. The highest BCUT2D eigenvalue weighted by molar-refractivity contribution is 7.91. The fraction of sp³-hybridized carbons (Fsp3) is 1.00. The van der Waals surface area contributed by atoms with E-state index >= 15 is 0 Å². The molecule has 1 unspecified atom stereocenters. The second-order valence-corrected chi connectivity index (χ2v) is 4.82. The first-order chi connectivity index (χ1) is 5.02. The summed E-state index contributed by atoms with van der Waals surface area (Å²) in [5, 5.41) is 0. The Hall–Kier alpha value is -0.130. The minimum absolute atomic E-state index is 0.122. The Labute approximate surface area is 67.8 Å². The van der Waals surface area contributed by atoms with Crippen LogP contribution in [-0.2, 0) is 14.7 Å². The van der Waals surface area contributed by atoms with Gasteiger partial charge in [0.15, 0.2) is 9.84 Å². The average Bonchev–Trinajstić information content (AvgIpc) is 1.87. The summed E-state index contributed by atoms with van der Waals surface area (Å²) in [5.74, 6) is 0.306. The summed E-state index contributed by atoms with van der Waals surface area (Å²) in [5.41, 5.74) is 2.56. The first kappa shape index (κ1) is 10.9. The van der Waals surface area contributed by atoms with Crippen molar-refractivity contribution >= 4 is 9.84 Å². The van der Waals surface area contributed by atoms with Gasteiger partial charge in [-0.05, 0) is 6.92 Å². The molecule has 0 aromatic heterocycles. The number of hydrogen-bond donors (Lipinski definition) is 1. The molecule has 0 bridgehead atoms. The van der Waals surface area contributed by atoms with E-state index in [-0.39, 0.29) is 17.5 Å². The summed E-state index contributed by atoms with van der Waals surface area (Å²) in [4.78, 5) is 4.58. The first-order valence-electron chi connectivity index (χ1n) is 3.50. The molecule has 0 saturated carbocycles. The summed E-state index contributed by atoms with van der Waals surface area (Å²) < 4.78 is 22.0. The van der Waals surface area contributed by atoms with E-state index in [4.69, 9.17) is 0 Å². The summed E-state index contributed by atoms with van der Waals surface area (Å²) >= 11 is 0. The minimum atomic E-state index is -2.88. The van der Waals surface area contributed by atoms with E-state index in [1.807, 2.05) is 0 Å². The second-order valence-electron chi connectivity index (χ2n) is 2.42. The Balaban J connectivity index is 3.84. The maximum absolute atomic E-state index is 11.0. The van der Waals surface area contributed by atoms with Gasteiger partial charge >= 0.3 is 0 Å². The Kier molecular flexibility index (Phi) is 4.63. The van der Waals surface area contributed by atoms with E-state index in [1.54, 1.807) is 13.8 Å². The Morgan fingerprint density at radius 1 is 1.55 bits per heavy atom. The van der Waals surface area contributed by atoms with Crippen LogP contribution in [0.2, 0.25) is 0 Å². The maximum Gasteiger partial charge on any atom is 0.151 e. The van der Waals surface area contributed by atoms with E-state index in [9.17, 15) is 8.42 Å². The van der Waals surface area contributed by atoms with Crippen molar-refractivity contribution in [2.24, 2.45) is 0 Å². The minimum Gasteiger partial charge on any atom is -0.305 e. The zero-order chi connectivity index (χ0) is 8.91. The third-order valence-corrected chi connectivity index (χ3v) is 3.15.